The maximum absolute atomic E-state index is 13.3. The smallest absolute Gasteiger partial charge is 0.266 e. The van der Waals surface area contributed by atoms with Crippen LogP contribution in [0.4, 0.5) is 0 Å². The zero-order valence-corrected chi connectivity index (χ0v) is 18.3. The minimum atomic E-state index is -0.105. The molecule has 0 unspecified atom stereocenters. The third-order valence-corrected chi connectivity index (χ3v) is 6.72. The summed E-state index contributed by atoms with van der Waals surface area (Å²) in [7, 11) is 0. The minimum Gasteiger partial charge on any atom is -0.339 e. The molecule has 156 valence electrons. The molecule has 0 N–H and O–H groups in total. The van der Waals surface area contributed by atoms with E-state index in [2.05, 4.69) is 13.8 Å². The van der Waals surface area contributed by atoms with E-state index in [0.717, 1.165) is 31.5 Å². The molecule has 1 aliphatic heterocycles. The van der Waals surface area contributed by atoms with Crippen LogP contribution in [-0.4, -0.2) is 38.7 Å². The van der Waals surface area contributed by atoms with E-state index in [0.29, 0.717) is 16.1 Å². The molecule has 0 radical (unpaired) electrons. The van der Waals surface area contributed by atoms with Gasteiger partial charge in [0.05, 0.1) is 22.3 Å². The van der Waals surface area contributed by atoms with Crippen LogP contribution in [0.2, 0.25) is 0 Å². The van der Waals surface area contributed by atoms with E-state index >= 15 is 0 Å². The number of amides is 1. The molecule has 0 saturated carbocycles. The first kappa shape index (κ1) is 20.7. The van der Waals surface area contributed by atoms with Gasteiger partial charge < -0.3 is 4.90 Å². The summed E-state index contributed by atoms with van der Waals surface area (Å²) in [5, 5.41) is 1.14. The number of fused-ring (bicyclic) bond motifs is 1. The Hall–Kier alpha value is -2.60. The van der Waals surface area contributed by atoms with E-state index in [4.69, 9.17) is 4.98 Å². The molecule has 2 heterocycles. The summed E-state index contributed by atoms with van der Waals surface area (Å²) >= 11 is 1.35. The Balaban J connectivity index is 1.70. The fraction of sp³-hybridized carbons (Fsp3) is 0.375. The molecule has 1 fully saturated rings. The number of aromatic nitrogens is 2. The molecule has 1 saturated heterocycles. The summed E-state index contributed by atoms with van der Waals surface area (Å²) in [6.07, 6.45) is 4.23. The first-order valence-electron chi connectivity index (χ1n) is 10.6. The Morgan fingerprint density at radius 1 is 1.13 bits per heavy atom. The van der Waals surface area contributed by atoms with Crippen LogP contribution < -0.4 is 5.56 Å². The van der Waals surface area contributed by atoms with Gasteiger partial charge in [0.15, 0.2) is 5.16 Å². The molecular formula is C24H27N3O2S. The number of rotatable bonds is 5. The summed E-state index contributed by atoms with van der Waals surface area (Å²) in [6, 6.07) is 15.6. The summed E-state index contributed by atoms with van der Waals surface area (Å²) in [5.74, 6) is 0.393. The lowest BCUT2D eigenvalue weighted by atomic mass is 10.0. The number of thioether (sulfide) groups is 1. The average Bonchev–Trinajstić information content (AvgIpc) is 2.78. The molecule has 1 atom stereocenters. The van der Waals surface area contributed by atoms with Gasteiger partial charge in [-0.3, -0.25) is 14.2 Å². The Labute approximate surface area is 181 Å². The summed E-state index contributed by atoms with van der Waals surface area (Å²) in [5.41, 5.74) is 2.54. The third kappa shape index (κ3) is 4.15. The highest BCUT2D eigenvalue weighted by molar-refractivity contribution is 7.99. The Morgan fingerprint density at radius 3 is 2.63 bits per heavy atom. The Bertz CT molecular complexity index is 1110. The molecule has 0 bridgehead atoms. The van der Waals surface area contributed by atoms with Crippen LogP contribution in [0.1, 0.15) is 38.7 Å². The molecule has 5 nitrogen and oxygen atoms in total. The molecule has 2 aromatic carbocycles. The van der Waals surface area contributed by atoms with Crippen LogP contribution in [0.15, 0.2) is 58.5 Å². The van der Waals surface area contributed by atoms with Gasteiger partial charge in [-0.15, -0.1) is 0 Å². The summed E-state index contributed by atoms with van der Waals surface area (Å²) in [6.45, 7) is 5.03. The minimum absolute atomic E-state index is 0.105. The fourth-order valence-corrected chi connectivity index (χ4v) is 4.89. The lowest BCUT2D eigenvalue weighted by Crippen LogP contribution is -2.43. The van der Waals surface area contributed by atoms with Crippen molar-refractivity contribution in [2.24, 2.45) is 0 Å². The van der Waals surface area contributed by atoms with Crippen molar-refractivity contribution in [2.45, 2.75) is 50.7 Å². The van der Waals surface area contributed by atoms with Crippen LogP contribution in [0, 0.1) is 0 Å². The fourth-order valence-electron chi connectivity index (χ4n) is 4.00. The van der Waals surface area contributed by atoms with Crippen molar-refractivity contribution in [1.82, 2.24) is 14.5 Å². The highest BCUT2D eigenvalue weighted by atomic mass is 32.2. The van der Waals surface area contributed by atoms with Gasteiger partial charge in [-0.1, -0.05) is 43.0 Å². The van der Waals surface area contributed by atoms with Gasteiger partial charge in [-0.25, -0.2) is 4.98 Å². The zero-order chi connectivity index (χ0) is 21.1. The van der Waals surface area contributed by atoms with E-state index in [9.17, 15) is 9.59 Å². The highest BCUT2D eigenvalue weighted by Gasteiger charge is 2.24. The monoisotopic (exact) mass is 421 g/mol. The van der Waals surface area contributed by atoms with Crippen molar-refractivity contribution in [2.75, 3.05) is 12.3 Å². The topological polar surface area (TPSA) is 55.2 Å². The van der Waals surface area contributed by atoms with Crippen molar-refractivity contribution in [3.8, 4) is 5.69 Å². The van der Waals surface area contributed by atoms with Gasteiger partial charge in [0.1, 0.15) is 0 Å². The first-order chi connectivity index (χ1) is 14.6. The predicted molar refractivity (Wildman–Crippen MR) is 122 cm³/mol. The second kappa shape index (κ2) is 9.04. The van der Waals surface area contributed by atoms with Crippen LogP contribution >= 0.6 is 11.8 Å². The van der Waals surface area contributed by atoms with Crippen molar-refractivity contribution < 1.29 is 4.79 Å². The number of aryl methyl sites for hydroxylation is 1. The maximum Gasteiger partial charge on any atom is 0.266 e. The van der Waals surface area contributed by atoms with Crippen LogP contribution in [-0.2, 0) is 11.2 Å². The summed E-state index contributed by atoms with van der Waals surface area (Å²) < 4.78 is 1.64. The molecule has 0 aliphatic carbocycles. The third-order valence-electron chi connectivity index (χ3n) is 5.80. The largest absolute Gasteiger partial charge is 0.339 e. The first-order valence-corrected chi connectivity index (χ1v) is 11.6. The number of hydrogen-bond donors (Lipinski definition) is 0. The van der Waals surface area contributed by atoms with E-state index in [1.165, 1.54) is 23.7 Å². The Kier molecular flexibility index (Phi) is 6.23. The van der Waals surface area contributed by atoms with Gasteiger partial charge in [-0.2, -0.15) is 0 Å². The number of likely N-dealkylation sites (tertiary alicyclic amines) is 1. The van der Waals surface area contributed by atoms with Crippen molar-refractivity contribution >= 4 is 28.6 Å². The van der Waals surface area contributed by atoms with Crippen molar-refractivity contribution in [3.05, 3.63) is 64.4 Å². The van der Waals surface area contributed by atoms with Crippen LogP contribution in [0.3, 0.4) is 0 Å². The molecule has 1 amide bonds. The van der Waals surface area contributed by atoms with Crippen LogP contribution in [0.5, 0.6) is 0 Å². The molecule has 4 rings (SSSR count). The lowest BCUT2D eigenvalue weighted by Gasteiger charge is -2.33. The number of piperidine rings is 1. The predicted octanol–water partition coefficient (Wildman–Crippen LogP) is 4.44. The van der Waals surface area contributed by atoms with E-state index in [1.807, 2.05) is 47.4 Å². The van der Waals surface area contributed by atoms with Gasteiger partial charge in [0, 0.05) is 12.6 Å². The standard InChI is InChI=1S/C24H27N3O2S/c1-3-18-11-13-19(14-12-18)27-23(29)20-9-4-5-10-21(20)25-24(27)30-16-22(28)26-15-7-6-8-17(26)2/h4-5,9-14,17H,3,6-8,15-16H2,1-2H3/t17-/m0/s1. The number of carbonyl (C=O) groups excluding carboxylic acids is 1. The zero-order valence-electron chi connectivity index (χ0n) is 17.5. The summed E-state index contributed by atoms with van der Waals surface area (Å²) in [4.78, 5) is 32.9. The number of benzene rings is 2. The van der Waals surface area contributed by atoms with Gasteiger partial charge in [0.25, 0.3) is 5.56 Å². The number of nitrogens with zero attached hydrogens (tertiary/aromatic N) is 3. The number of hydrogen-bond acceptors (Lipinski definition) is 4. The molecule has 6 heteroatoms. The van der Waals surface area contributed by atoms with E-state index in [-0.39, 0.29) is 23.3 Å². The van der Waals surface area contributed by atoms with Gasteiger partial charge >= 0.3 is 0 Å². The molecule has 1 aliphatic rings. The normalized spacial score (nSPS) is 16.7. The molecule has 1 aromatic heterocycles. The van der Waals surface area contributed by atoms with E-state index < -0.39 is 0 Å². The highest BCUT2D eigenvalue weighted by Crippen LogP contribution is 2.24. The molecule has 0 spiro atoms. The lowest BCUT2D eigenvalue weighted by molar-refractivity contribution is -0.131. The molecule has 3 aromatic rings. The second-order valence-electron chi connectivity index (χ2n) is 7.79. The van der Waals surface area contributed by atoms with Gasteiger partial charge in [-0.05, 0) is 62.4 Å². The van der Waals surface area contributed by atoms with Crippen molar-refractivity contribution in [3.63, 3.8) is 0 Å². The van der Waals surface area contributed by atoms with E-state index in [1.54, 1.807) is 10.6 Å². The maximum atomic E-state index is 13.3. The number of carbonyl (C=O) groups is 1. The quantitative estimate of drug-likeness (QED) is 0.451. The van der Waals surface area contributed by atoms with Gasteiger partial charge in [0.2, 0.25) is 5.91 Å². The van der Waals surface area contributed by atoms with Crippen LogP contribution in [0.25, 0.3) is 16.6 Å². The molecule has 30 heavy (non-hydrogen) atoms. The average molecular weight is 422 g/mol. The molecular weight excluding hydrogens is 394 g/mol. The SMILES string of the molecule is CCc1ccc(-n2c(SCC(=O)N3CCCC[C@@H]3C)nc3ccccc3c2=O)cc1. The number of para-hydroxylation sites is 1. The second-order valence-corrected chi connectivity index (χ2v) is 8.74. The Morgan fingerprint density at radius 2 is 1.90 bits per heavy atom. The van der Waals surface area contributed by atoms with Crippen molar-refractivity contribution in [1.29, 1.82) is 0 Å².